The number of fused-ring (bicyclic) bond motifs is 1. The Hall–Kier alpha value is -1.40. The molecule has 0 aliphatic carbocycles. The van der Waals surface area contributed by atoms with Crippen molar-refractivity contribution >= 4 is 27.0 Å². The molecule has 3 rings (SSSR count). The molecule has 5 nitrogen and oxygen atoms in total. The highest BCUT2D eigenvalue weighted by Gasteiger charge is 2.23. The average Bonchev–Trinajstić information content (AvgIpc) is 2.48. The summed E-state index contributed by atoms with van der Waals surface area (Å²) in [7, 11) is 0. The van der Waals surface area contributed by atoms with Crippen molar-refractivity contribution in [1.82, 2.24) is 9.97 Å². The number of aromatic amines is 2. The molecule has 2 heterocycles. The van der Waals surface area contributed by atoms with Crippen LogP contribution in [0.15, 0.2) is 27.8 Å². The van der Waals surface area contributed by atoms with Gasteiger partial charge < -0.3 is 14.7 Å². The minimum Gasteiger partial charge on any atom is -0.381 e. The third-order valence-electron chi connectivity index (χ3n) is 3.67. The van der Waals surface area contributed by atoms with Crippen molar-refractivity contribution in [3.05, 3.63) is 44.5 Å². The van der Waals surface area contributed by atoms with Gasteiger partial charge in [0.2, 0.25) is 0 Å². The lowest BCUT2D eigenvalue weighted by Crippen LogP contribution is -2.29. The second-order valence-corrected chi connectivity index (χ2v) is 6.08. The van der Waals surface area contributed by atoms with Gasteiger partial charge in [-0.25, -0.2) is 0 Å². The van der Waals surface area contributed by atoms with Crippen molar-refractivity contribution < 1.29 is 4.74 Å². The summed E-state index contributed by atoms with van der Waals surface area (Å²) in [6.07, 6.45) is 2.20. The molecule has 0 spiro atoms. The summed E-state index contributed by atoms with van der Waals surface area (Å²) in [5.41, 5.74) is 1.12. The van der Waals surface area contributed by atoms with E-state index in [4.69, 9.17) is 4.74 Å². The lowest BCUT2D eigenvalue weighted by molar-refractivity contribution is 0.0546. The first kappa shape index (κ1) is 13.6. The molecule has 6 heteroatoms. The van der Waals surface area contributed by atoms with E-state index in [0.29, 0.717) is 17.0 Å². The largest absolute Gasteiger partial charge is 0.381 e. The summed E-state index contributed by atoms with van der Waals surface area (Å²) >= 11 is 3.72. The van der Waals surface area contributed by atoms with Crippen molar-refractivity contribution in [2.24, 2.45) is 5.92 Å². The zero-order valence-electron chi connectivity index (χ0n) is 10.8. The SMILES string of the molecule is O=c1[nH]c2ccc(C(Br)C3CCCOC3)cc2[nH]c1=O. The number of ether oxygens (including phenoxy) is 1. The molecule has 2 aromatic rings. The Morgan fingerprint density at radius 1 is 1.20 bits per heavy atom. The highest BCUT2D eigenvalue weighted by Crippen LogP contribution is 2.36. The minimum absolute atomic E-state index is 0.183. The van der Waals surface area contributed by atoms with Crippen LogP contribution in [0.1, 0.15) is 23.2 Å². The second-order valence-electron chi connectivity index (χ2n) is 5.09. The van der Waals surface area contributed by atoms with Gasteiger partial charge in [-0.2, -0.15) is 0 Å². The van der Waals surface area contributed by atoms with Crippen LogP contribution in [-0.4, -0.2) is 23.2 Å². The quantitative estimate of drug-likeness (QED) is 0.650. The highest BCUT2D eigenvalue weighted by atomic mass is 79.9. The molecule has 0 saturated carbocycles. The Morgan fingerprint density at radius 2 is 1.95 bits per heavy atom. The van der Waals surface area contributed by atoms with Crippen LogP contribution in [0.3, 0.4) is 0 Å². The predicted octanol–water partition coefficient (Wildman–Crippen LogP) is 2.08. The summed E-state index contributed by atoms with van der Waals surface area (Å²) in [5.74, 6) is 0.427. The van der Waals surface area contributed by atoms with E-state index < -0.39 is 11.1 Å². The average molecular weight is 339 g/mol. The van der Waals surface area contributed by atoms with Crippen LogP contribution >= 0.6 is 15.9 Å². The van der Waals surface area contributed by atoms with E-state index in [1.807, 2.05) is 18.2 Å². The van der Waals surface area contributed by atoms with Gasteiger partial charge in [-0.05, 0) is 36.5 Å². The summed E-state index contributed by atoms with van der Waals surface area (Å²) in [4.78, 5) is 28.0. The molecule has 1 fully saturated rings. The molecule has 20 heavy (non-hydrogen) atoms. The first-order valence-corrected chi connectivity index (χ1v) is 7.55. The van der Waals surface area contributed by atoms with Gasteiger partial charge in [0.15, 0.2) is 0 Å². The first-order valence-electron chi connectivity index (χ1n) is 6.63. The lowest BCUT2D eigenvalue weighted by atomic mass is 9.94. The van der Waals surface area contributed by atoms with E-state index in [1.54, 1.807) is 0 Å². The summed E-state index contributed by atoms with van der Waals surface area (Å²) in [6, 6.07) is 5.69. The number of halogens is 1. The number of alkyl halides is 1. The molecular formula is C14H15BrN2O3. The molecule has 1 aliphatic rings. The maximum Gasteiger partial charge on any atom is 0.314 e. The van der Waals surface area contributed by atoms with Crippen LogP contribution in [0.25, 0.3) is 11.0 Å². The van der Waals surface area contributed by atoms with Crippen molar-refractivity contribution in [2.45, 2.75) is 17.7 Å². The number of hydrogen-bond acceptors (Lipinski definition) is 3. The van der Waals surface area contributed by atoms with Crippen LogP contribution in [0.4, 0.5) is 0 Å². The van der Waals surface area contributed by atoms with E-state index in [0.717, 1.165) is 31.6 Å². The fourth-order valence-corrected chi connectivity index (χ4v) is 3.27. The molecule has 1 aromatic heterocycles. The Bertz CT molecular complexity index is 731. The van der Waals surface area contributed by atoms with Crippen LogP contribution in [0, 0.1) is 5.92 Å². The zero-order chi connectivity index (χ0) is 14.1. The maximum atomic E-state index is 11.4. The molecular weight excluding hydrogens is 324 g/mol. The molecule has 2 atom stereocenters. The van der Waals surface area contributed by atoms with E-state index in [-0.39, 0.29) is 4.83 Å². The number of rotatable bonds is 2. The summed E-state index contributed by atoms with van der Waals surface area (Å²) in [5, 5.41) is 0. The maximum absolute atomic E-state index is 11.4. The zero-order valence-corrected chi connectivity index (χ0v) is 12.4. The normalized spacial score (nSPS) is 20.9. The van der Waals surface area contributed by atoms with Crippen LogP contribution in [0.2, 0.25) is 0 Å². The van der Waals surface area contributed by atoms with Gasteiger partial charge in [-0.15, -0.1) is 0 Å². The van der Waals surface area contributed by atoms with Crippen molar-refractivity contribution in [3.63, 3.8) is 0 Å². The number of nitrogens with one attached hydrogen (secondary N) is 2. The van der Waals surface area contributed by atoms with Gasteiger partial charge in [0.05, 0.1) is 17.6 Å². The topological polar surface area (TPSA) is 75.0 Å². The number of hydrogen-bond donors (Lipinski definition) is 2. The number of benzene rings is 1. The third kappa shape index (κ3) is 2.58. The Kier molecular flexibility index (Phi) is 3.76. The van der Waals surface area contributed by atoms with Gasteiger partial charge in [0.25, 0.3) is 0 Å². The molecule has 0 amide bonds. The molecule has 1 saturated heterocycles. The lowest BCUT2D eigenvalue weighted by Gasteiger charge is -2.26. The molecule has 2 unspecified atom stereocenters. The molecule has 106 valence electrons. The molecule has 2 N–H and O–H groups in total. The van der Waals surface area contributed by atoms with E-state index in [2.05, 4.69) is 25.9 Å². The Morgan fingerprint density at radius 3 is 2.65 bits per heavy atom. The van der Waals surface area contributed by atoms with Gasteiger partial charge in [0, 0.05) is 11.4 Å². The molecule has 1 aliphatic heterocycles. The van der Waals surface area contributed by atoms with Gasteiger partial charge >= 0.3 is 11.1 Å². The van der Waals surface area contributed by atoms with Crippen LogP contribution in [0.5, 0.6) is 0 Å². The number of aromatic nitrogens is 2. The van der Waals surface area contributed by atoms with Crippen LogP contribution < -0.4 is 11.1 Å². The standard InChI is InChI=1S/C14H15BrN2O3/c15-12(9-2-1-5-20-7-9)8-3-4-10-11(6-8)17-14(19)13(18)16-10/h3-4,6,9,12H,1-2,5,7H2,(H,16,18)(H,17,19). The van der Waals surface area contributed by atoms with Gasteiger partial charge in [-0.3, -0.25) is 9.59 Å². The van der Waals surface area contributed by atoms with Gasteiger partial charge in [-0.1, -0.05) is 22.0 Å². The summed E-state index contributed by atoms with van der Waals surface area (Å²) < 4.78 is 5.51. The van der Waals surface area contributed by atoms with E-state index in [9.17, 15) is 9.59 Å². The van der Waals surface area contributed by atoms with Crippen LogP contribution in [-0.2, 0) is 4.74 Å². The Balaban J connectivity index is 1.97. The smallest absolute Gasteiger partial charge is 0.314 e. The fourth-order valence-electron chi connectivity index (χ4n) is 2.57. The molecule has 0 bridgehead atoms. The second kappa shape index (κ2) is 5.54. The highest BCUT2D eigenvalue weighted by molar-refractivity contribution is 9.09. The van der Waals surface area contributed by atoms with Gasteiger partial charge in [0.1, 0.15) is 0 Å². The third-order valence-corrected chi connectivity index (χ3v) is 4.95. The Labute approximate surface area is 123 Å². The van der Waals surface area contributed by atoms with Crippen molar-refractivity contribution in [3.8, 4) is 0 Å². The molecule has 1 aromatic carbocycles. The molecule has 0 radical (unpaired) electrons. The minimum atomic E-state index is -0.624. The number of H-pyrrole nitrogens is 2. The predicted molar refractivity (Wildman–Crippen MR) is 80.4 cm³/mol. The summed E-state index contributed by atoms with van der Waals surface area (Å²) in [6.45, 7) is 1.58. The first-order chi connectivity index (χ1) is 9.65. The van der Waals surface area contributed by atoms with Crippen molar-refractivity contribution in [2.75, 3.05) is 13.2 Å². The van der Waals surface area contributed by atoms with E-state index in [1.165, 1.54) is 0 Å². The van der Waals surface area contributed by atoms with Crippen molar-refractivity contribution in [1.29, 1.82) is 0 Å². The fraction of sp³-hybridized carbons (Fsp3) is 0.429. The monoisotopic (exact) mass is 338 g/mol. The van der Waals surface area contributed by atoms with E-state index >= 15 is 0 Å².